The lowest BCUT2D eigenvalue weighted by Crippen LogP contribution is -2.00. The van der Waals surface area contributed by atoms with Gasteiger partial charge in [-0.05, 0) is 65.7 Å². The van der Waals surface area contributed by atoms with Crippen molar-refractivity contribution in [2.75, 3.05) is 14.2 Å². The molecule has 3 aromatic carbocycles. The molecule has 4 aromatic rings. The van der Waals surface area contributed by atoms with Gasteiger partial charge in [-0.1, -0.05) is 12.1 Å². The molecule has 0 unspecified atom stereocenters. The molecule has 0 N–H and O–H groups in total. The van der Waals surface area contributed by atoms with Crippen molar-refractivity contribution in [1.82, 2.24) is 0 Å². The van der Waals surface area contributed by atoms with Crippen LogP contribution in [0.2, 0.25) is 0 Å². The smallest absolute Gasteiger partial charge is 0.308 e. The van der Waals surface area contributed by atoms with Crippen LogP contribution in [-0.2, 0) is 4.79 Å². The zero-order chi connectivity index (χ0) is 20.4. The number of carbonyl (C=O) groups is 1. The summed E-state index contributed by atoms with van der Waals surface area (Å²) >= 11 is 1.71. The molecule has 0 aliphatic heterocycles. The van der Waals surface area contributed by atoms with Gasteiger partial charge in [-0.3, -0.25) is 4.79 Å². The third-order valence-electron chi connectivity index (χ3n) is 4.65. The van der Waals surface area contributed by atoms with Crippen LogP contribution in [0.4, 0.5) is 0 Å². The Balaban J connectivity index is 1.88. The second-order valence-electron chi connectivity index (χ2n) is 6.51. The molecule has 0 radical (unpaired) electrons. The monoisotopic (exact) mass is 404 g/mol. The Hall–Kier alpha value is -3.31. The molecule has 0 aliphatic carbocycles. The number of rotatable bonds is 5. The van der Waals surface area contributed by atoms with E-state index in [9.17, 15) is 4.79 Å². The van der Waals surface area contributed by atoms with Crippen molar-refractivity contribution in [3.05, 3.63) is 66.7 Å². The van der Waals surface area contributed by atoms with Crippen LogP contribution >= 0.6 is 11.3 Å². The van der Waals surface area contributed by atoms with Crippen LogP contribution in [-0.4, -0.2) is 20.2 Å². The van der Waals surface area contributed by atoms with Crippen LogP contribution in [0.1, 0.15) is 6.92 Å². The summed E-state index contributed by atoms with van der Waals surface area (Å²) in [5.41, 5.74) is 3.34. The van der Waals surface area contributed by atoms with Gasteiger partial charge in [0.2, 0.25) is 0 Å². The fourth-order valence-electron chi connectivity index (χ4n) is 3.29. The van der Waals surface area contributed by atoms with E-state index in [1.807, 2.05) is 42.5 Å². The molecule has 0 amide bonds. The Bertz CT molecular complexity index is 1160. The molecule has 1 heterocycles. The van der Waals surface area contributed by atoms with Gasteiger partial charge in [0.15, 0.2) is 0 Å². The lowest BCUT2D eigenvalue weighted by molar-refractivity contribution is -0.131. The highest BCUT2D eigenvalue weighted by Gasteiger charge is 2.17. The number of methoxy groups -OCH3 is 2. The first-order chi connectivity index (χ1) is 14.1. The predicted molar refractivity (Wildman–Crippen MR) is 117 cm³/mol. The van der Waals surface area contributed by atoms with Gasteiger partial charge >= 0.3 is 5.97 Å². The molecule has 29 heavy (non-hydrogen) atoms. The van der Waals surface area contributed by atoms with E-state index in [2.05, 4.69) is 24.3 Å². The van der Waals surface area contributed by atoms with Crippen LogP contribution < -0.4 is 14.2 Å². The van der Waals surface area contributed by atoms with E-state index >= 15 is 0 Å². The van der Waals surface area contributed by atoms with E-state index in [1.165, 1.54) is 12.3 Å². The topological polar surface area (TPSA) is 44.8 Å². The minimum atomic E-state index is -0.328. The molecule has 0 spiro atoms. The molecule has 4 rings (SSSR count). The minimum absolute atomic E-state index is 0.328. The fourth-order valence-corrected chi connectivity index (χ4v) is 4.55. The molecule has 0 bridgehead atoms. The van der Waals surface area contributed by atoms with Crippen LogP contribution in [0.15, 0.2) is 66.7 Å². The van der Waals surface area contributed by atoms with Gasteiger partial charge in [-0.2, -0.15) is 0 Å². The van der Waals surface area contributed by atoms with Gasteiger partial charge in [-0.15, -0.1) is 11.3 Å². The average Bonchev–Trinajstić information content (AvgIpc) is 3.12. The Morgan fingerprint density at radius 1 is 0.759 bits per heavy atom. The average molecular weight is 404 g/mol. The second-order valence-corrected chi connectivity index (χ2v) is 7.57. The van der Waals surface area contributed by atoms with Gasteiger partial charge in [0.25, 0.3) is 0 Å². The van der Waals surface area contributed by atoms with Crippen molar-refractivity contribution >= 4 is 27.4 Å². The van der Waals surface area contributed by atoms with E-state index < -0.39 is 0 Å². The number of hydrogen-bond donors (Lipinski definition) is 0. The minimum Gasteiger partial charge on any atom is -0.497 e. The number of fused-ring (bicyclic) bond motifs is 1. The predicted octanol–water partition coefficient (Wildman–Crippen LogP) is 6.18. The number of benzene rings is 3. The third kappa shape index (κ3) is 3.82. The maximum atomic E-state index is 11.2. The van der Waals surface area contributed by atoms with Crippen molar-refractivity contribution in [3.8, 4) is 38.8 Å². The highest BCUT2D eigenvalue weighted by molar-refractivity contribution is 7.23. The Labute approximate surface area is 173 Å². The number of ether oxygens (including phenoxy) is 3. The summed E-state index contributed by atoms with van der Waals surface area (Å²) in [5, 5.41) is 1.17. The first kappa shape index (κ1) is 19.0. The van der Waals surface area contributed by atoms with Gasteiger partial charge in [0, 0.05) is 27.5 Å². The summed E-state index contributed by atoms with van der Waals surface area (Å²) in [6.45, 7) is 1.40. The maximum Gasteiger partial charge on any atom is 0.308 e. The van der Waals surface area contributed by atoms with Gasteiger partial charge in [0.05, 0.1) is 14.2 Å². The van der Waals surface area contributed by atoms with Crippen LogP contribution in [0.3, 0.4) is 0 Å². The molecule has 0 aliphatic rings. The van der Waals surface area contributed by atoms with Crippen molar-refractivity contribution in [2.45, 2.75) is 6.92 Å². The molecule has 146 valence electrons. The first-order valence-electron chi connectivity index (χ1n) is 9.13. The van der Waals surface area contributed by atoms with Gasteiger partial charge in [-0.25, -0.2) is 0 Å². The first-order valence-corrected chi connectivity index (χ1v) is 9.94. The van der Waals surface area contributed by atoms with Crippen molar-refractivity contribution < 1.29 is 19.0 Å². The van der Waals surface area contributed by atoms with E-state index in [-0.39, 0.29) is 5.97 Å². The standard InChI is InChI=1S/C24H20O4S/c1-15(25)28-19-10-6-17(7-11-19)24-23(16-4-8-18(26-2)9-5-16)21-13-12-20(27-3)14-22(21)29-24/h4-14H,1-3H3. The van der Waals surface area contributed by atoms with Crippen molar-refractivity contribution in [3.63, 3.8) is 0 Å². The quantitative estimate of drug-likeness (QED) is 0.294. The lowest BCUT2D eigenvalue weighted by Gasteiger charge is -2.08. The van der Waals surface area contributed by atoms with E-state index in [0.717, 1.165) is 37.8 Å². The highest BCUT2D eigenvalue weighted by Crippen LogP contribution is 2.46. The molecule has 0 atom stereocenters. The molecule has 0 fully saturated rings. The molecule has 1 aromatic heterocycles. The maximum absolute atomic E-state index is 11.2. The Morgan fingerprint density at radius 3 is 1.97 bits per heavy atom. The van der Waals surface area contributed by atoms with Crippen LogP contribution in [0.5, 0.6) is 17.2 Å². The van der Waals surface area contributed by atoms with Gasteiger partial charge < -0.3 is 14.2 Å². The third-order valence-corrected chi connectivity index (χ3v) is 5.86. The highest BCUT2D eigenvalue weighted by atomic mass is 32.1. The number of hydrogen-bond acceptors (Lipinski definition) is 5. The largest absolute Gasteiger partial charge is 0.497 e. The Morgan fingerprint density at radius 2 is 1.34 bits per heavy atom. The van der Waals surface area contributed by atoms with Crippen LogP contribution in [0, 0.1) is 0 Å². The number of esters is 1. The fraction of sp³-hybridized carbons (Fsp3) is 0.125. The summed E-state index contributed by atoms with van der Waals surface area (Å²) in [6.07, 6.45) is 0. The second kappa shape index (κ2) is 7.97. The lowest BCUT2D eigenvalue weighted by atomic mass is 9.98. The van der Waals surface area contributed by atoms with E-state index in [4.69, 9.17) is 14.2 Å². The molecule has 5 heteroatoms. The summed E-state index contributed by atoms with van der Waals surface area (Å²) in [6, 6.07) is 21.8. The van der Waals surface area contributed by atoms with E-state index in [1.54, 1.807) is 25.6 Å². The molecule has 0 saturated heterocycles. The molecular weight excluding hydrogens is 384 g/mol. The van der Waals surface area contributed by atoms with Crippen molar-refractivity contribution in [2.24, 2.45) is 0 Å². The van der Waals surface area contributed by atoms with Crippen molar-refractivity contribution in [1.29, 1.82) is 0 Å². The normalized spacial score (nSPS) is 10.7. The number of thiophene rings is 1. The van der Waals surface area contributed by atoms with Crippen LogP contribution in [0.25, 0.3) is 31.7 Å². The summed E-state index contributed by atoms with van der Waals surface area (Å²) < 4.78 is 17.0. The molecule has 4 nitrogen and oxygen atoms in total. The van der Waals surface area contributed by atoms with E-state index in [0.29, 0.717) is 5.75 Å². The molecular formula is C24H20O4S. The zero-order valence-corrected chi connectivity index (χ0v) is 17.2. The summed E-state index contributed by atoms with van der Waals surface area (Å²) in [7, 11) is 3.34. The SMILES string of the molecule is COc1ccc(-c2c(-c3ccc(OC(C)=O)cc3)sc3cc(OC)ccc23)cc1. The summed E-state index contributed by atoms with van der Waals surface area (Å²) in [5.74, 6) is 1.86. The van der Waals surface area contributed by atoms with Gasteiger partial charge in [0.1, 0.15) is 17.2 Å². The summed E-state index contributed by atoms with van der Waals surface area (Å²) in [4.78, 5) is 12.3. The Kier molecular flexibility index (Phi) is 5.23. The molecule has 0 saturated carbocycles. The zero-order valence-electron chi connectivity index (χ0n) is 16.4. The number of carbonyl (C=O) groups excluding carboxylic acids is 1.